The van der Waals surface area contributed by atoms with E-state index in [1.807, 2.05) is 6.07 Å². The van der Waals surface area contributed by atoms with Gasteiger partial charge in [-0.2, -0.15) is 0 Å². The molecular weight excluding hydrogens is 458 g/mol. The summed E-state index contributed by atoms with van der Waals surface area (Å²) in [4.78, 5) is 30.0. The fraction of sp³-hybridized carbons (Fsp3) is 0.571. The van der Waals surface area contributed by atoms with E-state index in [9.17, 15) is 24.9 Å². The number of nitrogens with two attached hydrogens (primary N) is 1. The Kier molecular flexibility index (Phi) is 6.25. The van der Waals surface area contributed by atoms with Crippen LogP contribution in [0.15, 0.2) is 40.9 Å². The molecule has 5 N–H and O–H groups in total. The van der Waals surface area contributed by atoms with Crippen molar-refractivity contribution in [2.24, 2.45) is 23.5 Å². The second-order valence-electron chi connectivity index (χ2n) is 11.5. The number of likely N-dealkylation sites (tertiary alicyclic amines) is 1. The van der Waals surface area contributed by atoms with E-state index < -0.39 is 23.5 Å². The zero-order chi connectivity index (χ0) is 25.9. The van der Waals surface area contributed by atoms with Crippen LogP contribution in [0.2, 0.25) is 0 Å². The average molecular weight is 496 g/mol. The molecule has 0 bridgehead atoms. The third kappa shape index (κ3) is 3.86. The van der Waals surface area contributed by atoms with Crippen LogP contribution in [0, 0.1) is 17.8 Å². The van der Waals surface area contributed by atoms with Gasteiger partial charge in [-0.25, -0.2) is 0 Å². The Morgan fingerprint density at radius 3 is 2.56 bits per heavy atom. The van der Waals surface area contributed by atoms with E-state index in [0.717, 1.165) is 36.7 Å². The van der Waals surface area contributed by atoms with E-state index in [0.29, 0.717) is 18.4 Å². The van der Waals surface area contributed by atoms with Crippen molar-refractivity contribution >= 4 is 11.7 Å². The number of amides is 1. The molecule has 1 fully saturated rings. The van der Waals surface area contributed by atoms with E-state index in [-0.39, 0.29) is 40.8 Å². The van der Waals surface area contributed by atoms with Crippen LogP contribution in [0.5, 0.6) is 0 Å². The SMILES string of the molecule is CC1CCN(Cc2cccc3c2C[C@H]2C[C@H]4[C@@H](N(C)C)C(O)=C(C(N)=O)C[C@@]4(O)C(O)=C2C3=O)CC1. The summed E-state index contributed by atoms with van der Waals surface area (Å²) >= 11 is 0. The number of hydrogen-bond donors (Lipinski definition) is 4. The first kappa shape index (κ1) is 25.0. The Hall–Kier alpha value is -2.68. The van der Waals surface area contributed by atoms with Crippen molar-refractivity contribution in [3.8, 4) is 0 Å². The van der Waals surface area contributed by atoms with Crippen molar-refractivity contribution in [1.29, 1.82) is 0 Å². The van der Waals surface area contributed by atoms with Crippen LogP contribution >= 0.6 is 0 Å². The second-order valence-corrected chi connectivity index (χ2v) is 11.5. The standard InChI is InChI=1S/C28H37N3O5/c1-15-7-9-31(10-8-15)14-16-5-4-6-18-19(16)11-17-12-21-23(30(2)3)25(33)20(27(29)35)13-28(21,36)26(34)22(17)24(18)32/h4-6,15,17,21,23,33-34,36H,7-14H2,1-3H3,(H2,29,35)/t17-,21-,23+,28-/m0/s1. The van der Waals surface area contributed by atoms with Gasteiger partial charge in [0.05, 0.1) is 11.6 Å². The number of Topliss-reactive ketones (excluding diaryl/α,β-unsaturated/α-hetero) is 1. The largest absolute Gasteiger partial charge is 0.510 e. The number of hydrogen-bond acceptors (Lipinski definition) is 7. The molecule has 8 heteroatoms. The van der Waals surface area contributed by atoms with Crippen LogP contribution in [0.25, 0.3) is 0 Å². The van der Waals surface area contributed by atoms with Crippen LogP contribution in [0.1, 0.15) is 54.1 Å². The number of rotatable bonds is 4. The van der Waals surface area contributed by atoms with Gasteiger partial charge in [-0.15, -0.1) is 0 Å². The lowest BCUT2D eigenvalue weighted by atomic mass is 9.59. The summed E-state index contributed by atoms with van der Waals surface area (Å²) in [6.45, 7) is 5.17. The zero-order valence-electron chi connectivity index (χ0n) is 21.3. The molecule has 1 aromatic carbocycles. The number of primary amides is 1. The fourth-order valence-electron chi connectivity index (χ4n) is 6.94. The quantitative estimate of drug-likeness (QED) is 0.505. The molecule has 0 aromatic heterocycles. The number of carbonyl (C=O) groups is 2. The number of carbonyl (C=O) groups excluding carboxylic acids is 2. The monoisotopic (exact) mass is 495 g/mol. The molecule has 3 aliphatic carbocycles. The highest BCUT2D eigenvalue weighted by atomic mass is 16.3. The van der Waals surface area contributed by atoms with Gasteiger partial charge >= 0.3 is 0 Å². The zero-order valence-corrected chi connectivity index (χ0v) is 21.3. The molecule has 1 saturated heterocycles. The molecule has 1 heterocycles. The maximum absolute atomic E-state index is 13.8. The summed E-state index contributed by atoms with van der Waals surface area (Å²) in [5.41, 5.74) is 6.51. The van der Waals surface area contributed by atoms with Crippen LogP contribution < -0.4 is 5.73 Å². The smallest absolute Gasteiger partial charge is 0.248 e. The van der Waals surface area contributed by atoms with Crippen LogP contribution in [0.4, 0.5) is 0 Å². The van der Waals surface area contributed by atoms with Gasteiger partial charge in [-0.05, 0) is 75.8 Å². The second kappa shape index (κ2) is 9.01. The van der Waals surface area contributed by atoms with Gasteiger partial charge in [-0.1, -0.05) is 25.1 Å². The van der Waals surface area contributed by atoms with Gasteiger partial charge in [0.25, 0.3) is 0 Å². The molecule has 1 aliphatic heterocycles. The molecule has 0 saturated carbocycles. The molecule has 8 nitrogen and oxygen atoms in total. The van der Waals surface area contributed by atoms with Crippen LogP contribution in [0.3, 0.4) is 0 Å². The molecule has 1 amide bonds. The number of fused-ring (bicyclic) bond motifs is 3. The summed E-state index contributed by atoms with van der Waals surface area (Å²) < 4.78 is 0. The normalized spacial score (nSPS) is 31.4. The predicted molar refractivity (Wildman–Crippen MR) is 135 cm³/mol. The minimum Gasteiger partial charge on any atom is -0.510 e. The first-order valence-corrected chi connectivity index (χ1v) is 12.9. The van der Waals surface area contributed by atoms with Crippen molar-refractivity contribution in [2.75, 3.05) is 27.2 Å². The third-order valence-electron chi connectivity index (χ3n) is 8.98. The highest BCUT2D eigenvalue weighted by molar-refractivity contribution is 6.12. The number of aliphatic hydroxyl groups excluding tert-OH is 2. The molecular formula is C28H37N3O5. The van der Waals surface area contributed by atoms with E-state index in [2.05, 4.69) is 17.9 Å². The molecule has 0 unspecified atom stereocenters. The van der Waals surface area contributed by atoms with Gasteiger partial charge in [0.1, 0.15) is 17.1 Å². The number of likely N-dealkylation sites (N-methyl/N-ethyl adjacent to an activating group) is 1. The minimum atomic E-state index is -1.85. The molecule has 5 rings (SSSR count). The lowest BCUT2D eigenvalue weighted by Crippen LogP contribution is -2.59. The Morgan fingerprint density at radius 1 is 1.22 bits per heavy atom. The lowest BCUT2D eigenvalue weighted by molar-refractivity contribution is -0.118. The summed E-state index contributed by atoms with van der Waals surface area (Å²) in [5.74, 6) is -1.81. The topological polar surface area (TPSA) is 127 Å². The summed E-state index contributed by atoms with van der Waals surface area (Å²) in [6.07, 6.45) is 3.01. The van der Waals surface area contributed by atoms with Crippen molar-refractivity contribution in [3.63, 3.8) is 0 Å². The first-order chi connectivity index (χ1) is 17.0. The van der Waals surface area contributed by atoms with Crippen molar-refractivity contribution in [2.45, 2.75) is 57.2 Å². The van der Waals surface area contributed by atoms with Crippen LogP contribution in [-0.2, 0) is 17.8 Å². The Morgan fingerprint density at radius 2 is 1.92 bits per heavy atom. The van der Waals surface area contributed by atoms with Gasteiger partial charge < -0.3 is 21.1 Å². The van der Waals surface area contributed by atoms with Gasteiger partial charge in [0.2, 0.25) is 5.91 Å². The highest BCUT2D eigenvalue weighted by Crippen LogP contribution is 2.52. The summed E-state index contributed by atoms with van der Waals surface area (Å²) in [6, 6.07) is 5.08. The Labute approximate surface area is 212 Å². The van der Waals surface area contributed by atoms with Crippen LogP contribution in [-0.4, -0.2) is 75.6 Å². The number of allylic oxidation sites excluding steroid dienone is 1. The van der Waals surface area contributed by atoms with Crippen molar-refractivity contribution < 1.29 is 24.9 Å². The highest BCUT2D eigenvalue weighted by Gasteiger charge is 2.58. The fourth-order valence-corrected chi connectivity index (χ4v) is 6.94. The van der Waals surface area contributed by atoms with Gasteiger partial charge in [0, 0.05) is 30.0 Å². The Balaban J connectivity index is 1.54. The number of ketones is 1. The van der Waals surface area contributed by atoms with Crippen molar-refractivity contribution in [3.05, 3.63) is 57.6 Å². The molecule has 0 radical (unpaired) electrons. The molecule has 0 spiro atoms. The number of aliphatic hydroxyl groups is 3. The number of benzene rings is 1. The molecule has 1 aromatic rings. The first-order valence-electron chi connectivity index (χ1n) is 12.9. The average Bonchev–Trinajstić information content (AvgIpc) is 2.82. The van der Waals surface area contributed by atoms with Crippen molar-refractivity contribution in [1.82, 2.24) is 9.80 Å². The number of piperidine rings is 1. The Bertz CT molecular complexity index is 1160. The molecule has 194 valence electrons. The maximum Gasteiger partial charge on any atom is 0.248 e. The van der Waals surface area contributed by atoms with E-state index in [1.54, 1.807) is 25.1 Å². The minimum absolute atomic E-state index is 0.111. The molecule has 36 heavy (non-hydrogen) atoms. The van der Waals surface area contributed by atoms with E-state index in [1.165, 1.54) is 12.8 Å². The molecule has 4 atom stereocenters. The maximum atomic E-state index is 13.8. The molecule has 4 aliphatic rings. The summed E-state index contributed by atoms with van der Waals surface area (Å²) in [7, 11) is 3.50. The summed E-state index contributed by atoms with van der Waals surface area (Å²) in [5, 5.41) is 34.1. The third-order valence-corrected chi connectivity index (χ3v) is 8.98. The van der Waals surface area contributed by atoms with Gasteiger partial charge in [-0.3, -0.25) is 19.4 Å². The van der Waals surface area contributed by atoms with Gasteiger partial charge in [0.15, 0.2) is 5.78 Å². The van der Waals surface area contributed by atoms with E-state index >= 15 is 0 Å². The predicted octanol–water partition coefficient (Wildman–Crippen LogP) is 2.47. The number of nitrogens with zero attached hydrogens (tertiary/aromatic N) is 2. The lowest BCUT2D eigenvalue weighted by Gasteiger charge is -2.51. The van der Waals surface area contributed by atoms with E-state index in [4.69, 9.17) is 5.73 Å².